The lowest BCUT2D eigenvalue weighted by Crippen LogP contribution is -2.37. The number of hydrogen-bond donors (Lipinski definition) is 1. The maximum atomic E-state index is 12.5. The maximum absolute atomic E-state index is 12.5. The van der Waals surface area contributed by atoms with Gasteiger partial charge in [-0.25, -0.2) is 8.42 Å². The molecule has 1 aromatic heterocycles. The van der Waals surface area contributed by atoms with Gasteiger partial charge in [0.25, 0.3) is 0 Å². The normalized spacial score (nSPS) is 12.8. The highest BCUT2D eigenvalue weighted by Crippen LogP contribution is 2.20. The van der Waals surface area contributed by atoms with Gasteiger partial charge in [-0.15, -0.1) is 0 Å². The van der Waals surface area contributed by atoms with E-state index in [1.165, 1.54) is 4.31 Å². The topological polar surface area (TPSA) is 76.3 Å². The second kappa shape index (κ2) is 7.15. The van der Waals surface area contributed by atoms with Crippen LogP contribution in [0.15, 0.2) is 24.5 Å². The van der Waals surface area contributed by atoms with Crippen molar-refractivity contribution >= 4 is 10.0 Å². The van der Waals surface area contributed by atoms with Gasteiger partial charge in [0.1, 0.15) is 0 Å². The highest BCUT2D eigenvalue weighted by Gasteiger charge is 2.27. The molecule has 0 aliphatic carbocycles. The Balaban J connectivity index is 2.88. The molecule has 0 fully saturated rings. The minimum atomic E-state index is -3.30. The molecule has 0 unspecified atom stereocenters. The Bertz CT molecular complexity index is 495. The zero-order valence-corrected chi connectivity index (χ0v) is 13.4. The van der Waals surface area contributed by atoms with E-state index in [0.29, 0.717) is 26.1 Å². The fourth-order valence-corrected chi connectivity index (χ4v) is 3.95. The Morgan fingerprint density at radius 2 is 2.05 bits per heavy atom. The zero-order valence-electron chi connectivity index (χ0n) is 12.5. The van der Waals surface area contributed by atoms with Crippen molar-refractivity contribution in [2.45, 2.75) is 33.7 Å². The van der Waals surface area contributed by atoms with Crippen molar-refractivity contribution in [1.29, 1.82) is 0 Å². The van der Waals surface area contributed by atoms with Gasteiger partial charge in [0.05, 0.1) is 5.75 Å². The molecule has 0 radical (unpaired) electrons. The van der Waals surface area contributed by atoms with Gasteiger partial charge < -0.3 is 5.73 Å². The molecule has 0 bridgehead atoms. The van der Waals surface area contributed by atoms with E-state index >= 15 is 0 Å². The predicted octanol–water partition coefficient (Wildman–Crippen LogP) is 1.61. The van der Waals surface area contributed by atoms with Crippen LogP contribution in [0.2, 0.25) is 0 Å². The molecule has 0 saturated carbocycles. The van der Waals surface area contributed by atoms with Crippen molar-refractivity contribution in [2.75, 3.05) is 18.8 Å². The van der Waals surface area contributed by atoms with E-state index in [2.05, 4.69) is 4.98 Å². The highest BCUT2D eigenvalue weighted by atomic mass is 32.2. The minimum absolute atomic E-state index is 0.130. The standard InChI is InChI=1S/C14H25N3O2S/c1-14(2,3)12-20(18,19)17(9-5-7-15)11-13-6-4-8-16-10-13/h4,6,8,10H,5,7,9,11-12,15H2,1-3H3. The molecular weight excluding hydrogens is 274 g/mol. The third-order valence-electron chi connectivity index (χ3n) is 2.70. The Kier molecular flexibility index (Phi) is 6.10. The van der Waals surface area contributed by atoms with Crippen LogP contribution < -0.4 is 5.73 Å². The third kappa shape index (κ3) is 5.98. The average Bonchev–Trinajstić information content (AvgIpc) is 2.32. The summed E-state index contributed by atoms with van der Waals surface area (Å²) in [6.07, 6.45) is 4.03. The van der Waals surface area contributed by atoms with Gasteiger partial charge in [0.2, 0.25) is 10.0 Å². The first kappa shape index (κ1) is 17.1. The van der Waals surface area contributed by atoms with Crippen LogP contribution in [-0.4, -0.2) is 36.5 Å². The molecule has 2 N–H and O–H groups in total. The summed E-state index contributed by atoms with van der Waals surface area (Å²) in [5.74, 6) is 0.130. The quantitative estimate of drug-likeness (QED) is 0.830. The number of aromatic nitrogens is 1. The molecule has 0 saturated heterocycles. The number of nitrogens with zero attached hydrogens (tertiary/aromatic N) is 2. The molecule has 0 aliphatic rings. The molecule has 0 spiro atoms. The SMILES string of the molecule is CC(C)(C)CS(=O)(=O)N(CCCN)Cc1cccnc1. The van der Waals surface area contributed by atoms with Crippen LogP contribution in [0.4, 0.5) is 0 Å². The first-order valence-electron chi connectivity index (χ1n) is 6.81. The van der Waals surface area contributed by atoms with Crippen molar-refractivity contribution in [1.82, 2.24) is 9.29 Å². The first-order chi connectivity index (χ1) is 9.24. The van der Waals surface area contributed by atoms with Crippen LogP contribution in [0.25, 0.3) is 0 Å². The Morgan fingerprint density at radius 1 is 1.35 bits per heavy atom. The number of hydrogen-bond acceptors (Lipinski definition) is 4. The van der Waals surface area contributed by atoms with Crippen molar-refractivity contribution in [2.24, 2.45) is 11.1 Å². The molecule has 0 amide bonds. The maximum Gasteiger partial charge on any atom is 0.214 e. The largest absolute Gasteiger partial charge is 0.330 e. The molecular formula is C14H25N3O2S. The molecule has 0 aliphatic heterocycles. The van der Waals surface area contributed by atoms with Crippen LogP contribution in [0.3, 0.4) is 0 Å². The summed E-state index contributed by atoms with van der Waals surface area (Å²) in [5.41, 5.74) is 6.13. The molecule has 1 rings (SSSR count). The summed E-state index contributed by atoms with van der Waals surface area (Å²) in [7, 11) is -3.30. The highest BCUT2D eigenvalue weighted by molar-refractivity contribution is 7.89. The molecule has 5 nitrogen and oxygen atoms in total. The summed E-state index contributed by atoms with van der Waals surface area (Å²) in [6, 6.07) is 3.70. The summed E-state index contributed by atoms with van der Waals surface area (Å²) >= 11 is 0. The van der Waals surface area contributed by atoms with Crippen LogP contribution in [-0.2, 0) is 16.6 Å². The van der Waals surface area contributed by atoms with Crippen LogP contribution in [0.5, 0.6) is 0 Å². The van der Waals surface area contributed by atoms with E-state index in [0.717, 1.165) is 5.56 Å². The fourth-order valence-electron chi connectivity index (χ4n) is 1.92. The van der Waals surface area contributed by atoms with E-state index in [4.69, 9.17) is 5.73 Å². The lowest BCUT2D eigenvalue weighted by molar-refractivity contribution is 0.380. The average molecular weight is 299 g/mol. The monoisotopic (exact) mass is 299 g/mol. The minimum Gasteiger partial charge on any atom is -0.330 e. The molecule has 114 valence electrons. The second-order valence-corrected chi connectivity index (χ2v) is 8.12. The summed E-state index contributed by atoms with van der Waals surface area (Å²) < 4.78 is 26.6. The van der Waals surface area contributed by atoms with Gasteiger partial charge in [-0.05, 0) is 30.0 Å². The van der Waals surface area contributed by atoms with E-state index < -0.39 is 10.0 Å². The smallest absolute Gasteiger partial charge is 0.214 e. The van der Waals surface area contributed by atoms with Crippen LogP contribution >= 0.6 is 0 Å². The van der Waals surface area contributed by atoms with Crippen molar-refractivity contribution < 1.29 is 8.42 Å². The van der Waals surface area contributed by atoms with Crippen LogP contribution in [0.1, 0.15) is 32.8 Å². The Labute approximate surface area is 122 Å². The molecule has 0 atom stereocenters. The predicted molar refractivity (Wildman–Crippen MR) is 81.6 cm³/mol. The Morgan fingerprint density at radius 3 is 2.55 bits per heavy atom. The van der Waals surface area contributed by atoms with Crippen molar-refractivity contribution in [3.05, 3.63) is 30.1 Å². The third-order valence-corrected chi connectivity index (χ3v) is 5.03. The summed E-state index contributed by atoms with van der Waals surface area (Å²) in [6.45, 7) is 7.06. The van der Waals surface area contributed by atoms with E-state index in [1.54, 1.807) is 12.4 Å². The van der Waals surface area contributed by atoms with Gasteiger partial charge in [-0.3, -0.25) is 4.98 Å². The zero-order chi connectivity index (χ0) is 15.2. The Hall–Kier alpha value is -0.980. The van der Waals surface area contributed by atoms with Gasteiger partial charge in [-0.2, -0.15) is 4.31 Å². The van der Waals surface area contributed by atoms with Crippen molar-refractivity contribution in [3.8, 4) is 0 Å². The number of nitrogens with two attached hydrogens (primary N) is 1. The van der Waals surface area contributed by atoms with Gasteiger partial charge in [-0.1, -0.05) is 26.8 Å². The summed E-state index contributed by atoms with van der Waals surface area (Å²) in [5, 5.41) is 0. The number of rotatable bonds is 7. The second-order valence-electron chi connectivity index (χ2n) is 6.15. The fraction of sp³-hybridized carbons (Fsp3) is 0.643. The molecule has 0 aromatic carbocycles. The van der Waals surface area contributed by atoms with E-state index in [-0.39, 0.29) is 11.2 Å². The first-order valence-corrected chi connectivity index (χ1v) is 8.42. The molecule has 20 heavy (non-hydrogen) atoms. The van der Waals surface area contributed by atoms with E-state index in [1.807, 2.05) is 32.9 Å². The lowest BCUT2D eigenvalue weighted by Gasteiger charge is -2.26. The number of pyridine rings is 1. The van der Waals surface area contributed by atoms with Crippen LogP contribution in [0, 0.1) is 5.41 Å². The molecule has 1 heterocycles. The molecule has 6 heteroatoms. The summed E-state index contributed by atoms with van der Waals surface area (Å²) in [4.78, 5) is 4.03. The van der Waals surface area contributed by atoms with Gasteiger partial charge in [0, 0.05) is 25.5 Å². The van der Waals surface area contributed by atoms with Gasteiger partial charge in [0.15, 0.2) is 0 Å². The lowest BCUT2D eigenvalue weighted by atomic mass is 10.0. The van der Waals surface area contributed by atoms with E-state index in [9.17, 15) is 8.42 Å². The molecule has 1 aromatic rings. The number of sulfonamides is 1. The van der Waals surface area contributed by atoms with Gasteiger partial charge >= 0.3 is 0 Å². The van der Waals surface area contributed by atoms with Crippen molar-refractivity contribution in [3.63, 3.8) is 0 Å².